The van der Waals surface area contributed by atoms with Crippen LogP contribution in [0.1, 0.15) is 50.3 Å². The minimum absolute atomic E-state index is 0.192. The molecule has 0 amide bonds. The number of hydrogen-bond acceptors (Lipinski definition) is 3. The van der Waals surface area contributed by atoms with E-state index in [1.54, 1.807) is 11.1 Å². The predicted octanol–water partition coefficient (Wildman–Crippen LogP) is 3.94. The summed E-state index contributed by atoms with van der Waals surface area (Å²) in [5.41, 5.74) is 5.04. The van der Waals surface area contributed by atoms with E-state index in [2.05, 4.69) is 82.2 Å². The van der Waals surface area contributed by atoms with Gasteiger partial charge in [-0.25, -0.2) is 0 Å². The predicted molar refractivity (Wildman–Crippen MR) is 119 cm³/mol. The number of likely N-dealkylation sites (N-methyl/N-ethyl adjacent to an activating group) is 2. The van der Waals surface area contributed by atoms with Gasteiger partial charge in [0.05, 0.1) is 0 Å². The van der Waals surface area contributed by atoms with Crippen LogP contribution in [-0.2, 0) is 11.8 Å². The van der Waals surface area contributed by atoms with Crippen molar-refractivity contribution < 1.29 is 0 Å². The first-order valence-corrected chi connectivity index (χ1v) is 10.8. The van der Waals surface area contributed by atoms with Crippen LogP contribution in [-0.4, -0.2) is 64.2 Å². The first-order chi connectivity index (χ1) is 12.7. The molecule has 0 aromatic heterocycles. The van der Waals surface area contributed by atoms with Crippen LogP contribution in [0.25, 0.3) is 0 Å². The summed E-state index contributed by atoms with van der Waals surface area (Å²) in [6.45, 7) is 14.1. The Hall–Kier alpha value is -0.900. The maximum atomic E-state index is 3.32. The summed E-state index contributed by atoms with van der Waals surface area (Å²) in [5.74, 6) is 0.687. The summed E-state index contributed by atoms with van der Waals surface area (Å²) in [7, 11) is 8.82. The highest BCUT2D eigenvalue weighted by Crippen LogP contribution is 2.58. The Bertz CT molecular complexity index is 608. The molecule has 1 N–H and O–H groups in total. The molecule has 0 saturated heterocycles. The van der Waals surface area contributed by atoms with E-state index in [1.165, 1.54) is 24.9 Å². The first kappa shape index (κ1) is 22.4. The van der Waals surface area contributed by atoms with Crippen molar-refractivity contribution in [2.24, 2.45) is 11.3 Å². The highest BCUT2D eigenvalue weighted by atomic mass is 15.1. The molecule has 2 rings (SSSR count). The smallest absolute Gasteiger partial charge is 0.0174 e. The van der Waals surface area contributed by atoms with Crippen molar-refractivity contribution in [3.8, 4) is 0 Å². The molecule has 1 aromatic rings. The molecule has 0 aliphatic heterocycles. The van der Waals surface area contributed by atoms with Crippen molar-refractivity contribution in [2.75, 3.05) is 54.4 Å². The Morgan fingerprint density at radius 1 is 1.19 bits per heavy atom. The molecule has 1 saturated carbocycles. The number of rotatable bonds is 9. The van der Waals surface area contributed by atoms with Gasteiger partial charge in [-0.15, -0.1) is 0 Å². The van der Waals surface area contributed by atoms with Crippen molar-refractivity contribution in [3.63, 3.8) is 0 Å². The molecule has 0 radical (unpaired) electrons. The van der Waals surface area contributed by atoms with Gasteiger partial charge in [0.2, 0.25) is 0 Å². The van der Waals surface area contributed by atoms with Crippen LogP contribution < -0.4 is 5.32 Å². The molecular weight excluding hydrogens is 330 g/mol. The second-order valence-electron chi connectivity index (χ2n) is 9.71. The summed E-state index contributed by atoms with van der Waals surface area (Å²) in [5, 5.41) is 3.32. The quantitative estimate of drug-likeness (QED) is 0.707. The molecule has 27 heavy (non-hydrogen) atoms. The van der Waals surface area contributed by atoms with Gasteiger partial charge in [0, 0.05) is 31.6 Å². The molecule has 0 heterocycles. The fourth-order valence-corrected chi connectivity index (χ4v) is 5.48. The molecular formula is C24H43N3. The lowest BCUT2D eigenvalue weighted by Gasteiger charge is -2.50. The van der Waals surface area contributed by atoms with Crippen molar-refractivity contribution >= 4 is 0 Å². The average molecular weight is 374 g/mol. The fraction of sp³-hybridized carbons (Fsp3) is 0.750. The zero-order valence-corrected chi connectivity index (χ0v) is 19.2. The topological polar surface area (TPSA) is 18.5 Å². The molecule has 1 fully saturated rings. The van der Waals surface area contributed by atoms with Crippen LogP contribution in [0.3, 0.4) is 0 Å². The number of nitrogens with zero attached hydrogens (tertiary/aromatic N) is 2. The first-order valence-electron chi connectivity index (χ1n) is 10.8. The number of aryl methyl sites for hydroxylation is 2. The summed E-state index contributed by atoms with van der Waals surface area (Å²) in [6.07, 6.45) is 3.74. The molecule has 2 atom stereocenters. The van der Waals surface area contributed by atoms with Crippen LogP contribution in [0.5, 0.6) is 0 Å². The van der Waals surface area contributed by atoms with Gasteiger partial charge in [-0.05, 0) is 76.8 Å². The van der Waals surface area contributed by atoms with Gasteiger partial charge >= 0.3 is 0 Å². The van der Waals surface area contributed by atoms with Crippen molar-refractivity contribution in [1.29, 1.82) is 0 Å². The Morgan fingerprint density at radius 3 is 2.48 bits per heavy atom. The highest BCUT2D eigenvalue weighted by molar-refractivity contribution is 5.42. The summed E-state index contributed by atoms with van der Waals surface area (Å²) < 4.78 is 0. The average Bonchev–Trinajstić information content (AvgIpc) is 2.84. The molecule has 3 heteroatoms. The normalized spacial score (nSPS) is 24.9. The lowest BCUT2D eigenvalue weighted by atomic mass is 9.58. The Kier molecular flexibility index (Phi) is 7.52. The molecule has 154 valence electrons. The molecule has 3 nitrogen and oxygen atoms in total. The van der Waals surface area contributed by atoms with Crippen LogP contribution in [0.15, 0.2) is 18.2 Å². The monoisotopic (exact) mass is 373 g/mol. The lowest BCUT2D eigenvalue weighted by molar-refractivity contribution is 0.0903. The summed E-state index contributed by atoms with van der Waals surface area (Å²) in [4.78, 5) is 4.96. The maximum Gasteiger partial charge on any atom is 0.0174 e. The van der Waals surface area contributed by atoms with E-state index in [0.29, 0.717) is 11.3 Å². The molecule has 0 spiro atoms. The van der Waals surface area contributed by atoms with Crippen molar-refractivity contribution in [1.82, 2.24) is 15.1 Å². The highest BCUT2D eigenvalue weighted by Gasteiger charge is 2.56. The number of hydrogen-bond donors (Lipinski definition) is 1. The van der Waals surface area contributed by atoms with Gasteiger partial charge in [0.15, 0.2) is 0 Å². The van der Waals surface area contributed by atoms with E-state index in [0.717, 1.165) is 26.1 Å². The SMILES string of the molecule is CCc1ccc(C)cc1C1(CN(C)CCNC)C(CN(C)C)CCC1(C)C. The third-order valence-electron chi connectivity index (χ3n) is 7.00. The minimum Gasteiger partial charge on any atom is -0.318 e. The fourth-order valence-electron chi connectivity index (χ4n) is 5.48. The third kappa shape index (κ3) is 4.58. The molecule has 0 bridgehead atoms. The number of benzene rings is 1. The Labute approximate surface area is 168 Å². The van der Waals surface area contributed by atoms with Gasteiger partial charge in [-0.1, -0.05) is 44.5 Å². The number of nitrogens with one attached hydrogen (secondary N) is 1. The van der Waals surface area contributed by atoms with E-state index in [-0.39, 0.29) is 5.41 Å². The Balaban J connectivity index is 2.61. The van der Waals surface area contributed by atoms with Crippen molar-refractivity contribution in [2.45, 2.75) is 52.4 Å². The standard InChI is InChI=1S/C24H43N3/c1-9-20-11-10-19(2)16-22(20)24(18-27(8)15-14-25-5)21(17-26(6)7)12-13-23(24,3)4/h10-11,16,21,25H,9,12-15,17-18H2,1-8H3. The van der Waals surface area contributed by atoms with E-state index in [9.17, 15) is 0 Å². The van der Waals surface area contributed by atoms with Crippen molar-refractivity contribution in [3.05, 3.63) is 34.9 Å². The molecule has 1 aliphatic rings. The van der Waals surface area contributed by atoms with Crippen LogP contribution in [0, 0.1) is 18.3 Å². The van der Waals surface area contributed by atoms with Gasteiger partial charge in [-0.3, -0.25) is 0 Å². The zero-order valence-electron chi connectivity index (χ0n) is 19.2. The van der Waals surface area contributed by atoms with Crippen LogP contribution >= 0.6 is 0 Å². The lowest BCUT2D eigenvalue weighted by Crippen LogP contribution is -2.53. The van der Waals surface area contributed by atoms with E-state index in [1.807, 2.05) is 7.05 Å². The minimum atomic E-state index is 0.192. The molecule has 2 unspecified atom stereocenters. The van der Waals surface area contributed by atoms with Crippen LogP contribution in [0.2, 0.25) is 0 Å². The zero-order chi connectivity index (χ0) is 20.2. The van der Waals surface area contributed by atoms with Gasteiger partial charge in [0.1, 0.15) is 0 Å². The maximum absolute atomic E-state index is 3.32. The third-order valence-corrected chi connectivity index (χ3v) is 7.00. The molecule has 1 aromatic carbocycles. The van der Waals surface area contributed by atoms with Gasteiger partial charge in [0.25, 0.3) is 0 Å². The van der Waals surface area contributed by atoms with E-state index >= 15 is 0 Å². The summed E-state index contributed by atoms with van der Waals surface area (Å²) in [6, 6.07) is 7.20. The molecule has 1 aliphatic carbocycles. The second kappa shape index (κ2) is 9.07. The van der Waals surface area contributed by atoms with Gasteiger partial charge in [-0.2, -0.15) is 0 Å². The summed E-state index contributed by atoms with van der Waals surface area (Å²) >= 11 is 0. The second-order valence-corrected chi connectivity index (χ2v) is 9.71. The van der Waals surface area contributed by atoms with Crippen LogP contribution in [0.4, 0.5) is 0 Å². The largest absolute Gasteiger partial charge is 0.318 e. The van der Waals surface area contributed by atoms with E-state index < -0.39 is 0 Å². The Morgan fingerprint density at radius 2 is 1.89 bits per heavy atom. The van der Waals surface area contributed by atoms with Gasteiger partial charge < -0.3 is 15.1 Å². The van der Waals surface area contributed by atoms with E-state index in [4.69, 9.17) is 0 Å².